The van der Waals surface area contributed by atoms with E-state index in [2.05, 4.69) is 134 Å². The molecule has 4 N–H and O–H groups in total. The summed E-state index contributed by atoms with van der Waals surface area (Å²) in [4.78, 5) is 0. The molecule has 0 aliphatic rings. The van der Waals surface area contributed by atoms with Gasteiger partial charge in [0.05, 0.1) is 11.0 Å². The van der Waals surface area contributed by atoms with Crippen molar-refractivity contribution in [3.05, 3.63) is 175 Å². The van der Waals surface area contributed by atoms with E-state index < -0.39 is 0 Å². The highest BCUT2D eigenvalue weighted by Gasteiger charge is 2.16. The van der Waals surface area contributed by atoms with Crippen LogP contribution in [0.1, 0.15) is 25.0 Å². The van der Waals surface area contributed by atoms with Gasteiger partial charge in [0.25, 0.3) is 0 Å². The highest BCUT2D eigenvalue weighted by atomic mass is 15.0. The molecule has 6 aromatic rings. The van der Waals surface area contributed by atoms with E-state index >= 15 is 0 Å². The molecule has 3 heteroatoms. The number of nitrogens with zero attached hydrogens (tertiary/aromatic N) is 1. The molecular weight excluding hydrogens is 558 g/mol. The van der Waals surface area contributed by atoms with Crippen molar-refractivity contribution in [2.75, 3.05) is 6.54 Å². The lowest BCUT2D eigenvalue weighted by Gasteiger charge is -2.12. The topological polar surface area (TPSA) is 57.0 Å². The van der Waals surface area contributed by atoms with Gasteiger partial charge in [-0.3, -0.25) is 0 Å². The highest BCUT2D eigenvalue weighted by Crippen LogP contribution is 2.39. The maximum Gasteiger partial charge on any atom is 0.0619 e. The molecule has 0 aliphatic carbocycles. The Morgan fingerprint density at radius 1 is 0.717 bits per heavy atom. The van der Waals surface area contributed by atoms with Crippen molar-refractivity contribution in [3.8, 4) is 16.8 Å². The molecule has 0 amide bonds. The molecule has 0 saturated heterocycles. The molecule has 0 bridgehead atoms. The normalized spacial score (nSPS) is 13.1. The van der Waals surface area contributed by atoms with Gasteiger partial charge < -0.3 is 16.0 Å². The van der Waals surface area contributed by atoms with Crippen LogP contribution in [0.2, 0.25) is 0 Å². The van der Waals surface area contributed by atoms with Crippen LogP contribution in [0.25, 0.3) is 60.5 Å². The molecule has 0 saturated carbocycles. The first-order valence-electron chi connectivity index (χ1n) is 15.6. The van der Waals surface area contributed by atoms with Crippen molar-refractivity contribution in [3.63, 3.8) is 0 Å². The Kier molecular flexibility index (Phi) is 8.69. The lowest BCUT2D eigenvalue weighted by atomic mass is 9.97. The first-order valence-corrected chi connectivity index (χ1v) is 15.6. The SMILES string of the molecule is C=C/C=C(\CN)c1ccc(-c2ccc3c(ccc4c5ccc(/C(C)=C/C(=C\N)C(/C)=C/C=C)cc5n(-c5ccccc5)c34)c2)cc1. The van der Waals surface area contributed by atoms with Crippen LogP contribution >= 0.6 is 0 Å². The van der Waals surface area contributed by atoms with Crippen molar-refractivity contribution in [1.82, 2.24) is 4.57 Å². The average molecular weight is 598 g/mol. The zero-order valence-electron chi connectivity index (χ0n) is 26.5. The predicted octanol–water partition coefficient (Wildman–Crippen LogP) is 10.5. The lowest BCUT2D eigenvalue weighted by molar-refractivity contribution is 1.18. The molecule has 0 radical (unpaired) electrons. The molecule has 6 rings (SSSR count). The Hall–Kier alpha value is -5.64. The first-order chi connectivity index (χ1) is 22.5. The summed E-state index contributed by atoms with van der Waals surface area (Å²) in [6, 6.07) is 37.3. The summed E-state index contributed by atoms with van der Waals surface area (Å²) in [5, 5.41) is 4.86. The van der Waals surface area contributed by atoms with E-state index in [1.165, 1.54) is 43.7 Å². The van der Waals surface area contributed by atoms with Gasteiger partial charge in [0.1, 0.15) is 0 Å². The van der Waals surface area contributed by atoms with Gasteiger partial charge in [0.15, 0.2) is 0 Å². The second-order valence-corrected chi connectivity index (χ2v) is 11.5. The maximum atomic E-state index is 6.01. The smallest absolute Gasteiger partial charge is 0.0619 e. The Morgan fingerprint density at radius 3 is 2.09 bits per heavy atom. The third-order valence-electron chi connectivity index (χ3n) is 8.72. The van der Waals surface area contributed by atoms with E-state index in [-0.39, 0.29) is 0 Å². The van der Waals surface area contributed by atoms with Crippen LogP contribution in [0.5, 0.6) is 0 Å². The third-order valence-corrected chi connectivity index (χ3v) is 8.72. The number of rotatable bonds is 9. The Morgan fingerprint density at radius 2 is 1.39 bits per heavy atom. The highest BCUT2D eigenvalue weighted by molar-refractivity contribution is 6.19. The van der Waals surface area contributed by atoms with Crippen molar-refractivity contribution in [2.45, 2.75) is 13.8 Å². The minimum atomic E-state index is 0.475. The predicted molar refractivity (Wildman–Crippen MR) is 201 cm³/mol. The summed E-state index contributed by atoms with van der Waals surface area (Å²) in [5.41, 5.74) is 24.3. The van der Waals surface area contributed by atoms with Crippen LogP contribution in [-0.4, -0.2) is 11.1 Å². The van der Waals surface area contributed by atoms with E-state index in [0.29, 0.717) is 6.54 Å². The van der Waals surface area contributed by atoms with Crippen molar-refractivity contribution < 1.29 is 0 Å². The Balaban J connectivity index is 1.52. The van der Waals surface area contributed by atoms with E-state index in [0.717, 1.165) is 39.1 Å². The number of benzene rings is 5. The molecule has 1 heterocycles. The van der Waals surface area contributed by atoms with Crippen molar-refractivity contribution >= 4 is 43.7 Å². The van der Waals surface area contributed by atoms with E-state index in [1.807, 2.05) is 19.1 Å². The van der Waals surface area contributed by atoms with Crippen LogP contribution in [-0.2, 0) is 0 Å². The summed E-state index contributed by atoms with van der Waals surface area (Å²) >= 11 is 0. The molecule has 5 aromatic carbocycles. The number of allylic oxidation sites excluding steroid dienone is 8. The van der Waals surface area contributed by atoms with Gasteiger partial charge in [-0.1, -0.05) is 116 Å². The summed E-state index contributed by atoms with van der Waals surface area (Å²) in [5.74, 6) is 0. The fourth-order valence-corrected chi connectivity index (χ4v) is 6.29. The number of para-hydroxylation sites is 1. The summed E-state index contributed by atoms with van der Waals surface area (Å²) in [6.07, 6.45) is 11.3. The van der Waals surface area contributed by atoms with Crippen LogP contribution in [0.4, 0.5) is 0 Å². The number of aromatic nitrogens is 1. The molecule has 0 spiro atoms. The standard InChI is InChI=1S/C43H39N3/c1-5-10-29(3)37(28-45)24-30(4)33-18-22-40-41-23-20-35-25-34(31-14-16-32(17-15-31)36(27-44)11-6-2)19-21-39(35)43(41)46(42(40)26-33)38-12-8-7-9-13-38/h5-26,28H,1-2,27,44-45H2,3-4H3/b29-10+,30-24+,36-11+,37-28+. The number of hydrogen-bond acceptors (Lipinski definition) is 2. The van der Waals surface area contributed by atoms with E-state index in [4.69, 9.17) is 11.5 Å². The molecule has 226 valence electrons. The fourth-order valence-electron chi connectivity index (χ4n) is 6.29. The Labute approximate surface area is 271 Å². The van der Waals surface area contributed by atoms with E-state index in [9.17, 15) is 0 Å². The number of nitrogens with two attached hydrogens (primary N) is 2. The van der Waals surface area contributed by atoms with Crippen LogP contribution in [0, 0.1) is 0 Å². The molecular formula is C43H39N3. The van der Waals surface area contributed by atoms with Crippen LogP contribution in [0.15, 0.2) is 164 Å². The van der Waals surface area contributed by atoms with Gasteiger partial charge >= 0.3 is 0 Å². The second kappa shape index (κ2) is 13.2. The average Bonchev–Trinajstić information content (AvgIpc) is 3.43. The lowest BCUT2D eigenvalue weighted by Crippen LogP contribution is -2.01. The van der Waals surface area contributed by atoms with Gasteiger partial charge in [-0.25, -0.2) is 0 Å². The van der Waals surface area contributed by atoms with Crippen LogP contribution in [0.3, 0.4) is 0 Å². The van der Waals surface area contributed by atoms with Gasteiger partial charge in [-0.2, -0.15) is 0 Å². The number of hydrogen-bond donors (Lipinski definition) is 2. The van der Waals surface area contributed by atoms with Gasteiger partial charge in [-0.15, -0.1) is 0 Å². The molecule has 0 aliphatic heterocycles. The quantitative estimate of drug-likeness (QED) is 0.163. The van der Waals surface area contributed by atoms with Crippen molar-refractivity contribution in [1.29, 1.82) is 0 Å². The van der Waals surface area contributed by atoms with Gasteiger partial charge in [-0.05, 0) is 94.1 Å². The van der Waals surface area contributed by atoms with Gasteiger partial charge in [0, 0.05) is 34.6 Å². The largest absolute Gasteiger partial charge is 0.404 e. The molecule has 3 nitrogen and oxygen atoms in total. The minimum absolute atomic E-state index is 0.475. The molecule has 0 unspecified atom stereocenters. The van der Waals surface area contributed by atoms with Gasteiger partial charge in [0.2, 0.25) is 0 Å². The number of fused-ring (bicyclic) bond motifs is 5. The molecule has 0 atom stereocenters. The summed E-state index contributed by atoms with van der Waals surface area (Å²) < 4.78 is 2.40. The second-order valence-electron chi connectivity index (χ2n) is 11.5. The van der Waals surface area contributed by atoms with Crippen LogP contribution < -0.4 is 11.5 Å². The summed E-state index contributed by atoms with van der Waals surface area (Å²) in [7, 11) is 0. The zero-order valence-corrected chi connectivity index (χ0v) is 26.5. The monoisotopic (exact) mass is 597 g/mol. The third kappa shape index (κ3) is 5.65. The fraction of sp³-hybridized carbons (Fsp3) is 0.0698. The molecule has 0 fully saturated rings. The summed E-state index contributed by atoms with van der Waals surface area (Å²) in [6.45, 7) is 12.3. The molecule has 46 heavy (non-hydrogen) atoms. The Bertz CT molecular complexity index is 2220. The zero-order chi connectivity index (χ0) is 32.2. The van der Waals surface area contributed by atoms with Crippen molar-refractivity contribution in [2.24, 2.45) is 11.5 Å². The maximum absolute atomic E-state index is 6.01. The minimum Gasteiger partial charge on any atom is -0.404 e. The first kappa shape index (κ1) is 30.4. The van der Waals surface area contributed by atoms with E-state index in [1.54, 1.807) is 18.4 Å². The molecule has 1 aromatic heterocycles.